The van der Waals surface area contributed by atoms with E-state index in [1.54, 1.807) is 0 Å². The average Bonchev–Trinajstić information content (AvgIpc) is 3.58. The van der Waals surface area contributed by atoms with Crippen LogP contribution < -0.4 is 21.3 Å². The second kappa shape index (κ2) is 14.9. The maximum Gasteiger partial charge on any atom is 0.250 e. The summed E-state index contributed by atoms with van der Waals surface area (Å²) in [5.41, 5.74) is 25.1. The maximum absolute atomic E-state index is 2.76. The van der Waals surface area contributed by atoms with E-state index in [-0.39, 0.29) is 39.2 Å². The molecule has 1 aromatic heterocycles. The van der Waals surface area contributed by atoms with E-state index in [1.165, 1.54) is 141 Å². The predicted molar refractivity (Wildman–Crippen MR) is 299 cm³/mol. The third kappa shape index (κ3) is 7.06. The van der Waals surface area contributed by atoms with Crippen LogP contribution in [-0.4, -0.2) is 6.71 Å². The summed E-state index contributed by atoms with van der Waals surface area (Å²) < 4.78 is 1.36. The highest BCUT2D eigenvalue weighted by molar-refractivity contribution is 7.23. The molecule has 1 nitrogen and oxygen atoms in total. The van der Waals surface area contributed by atoms with E-state index >= 15 is 0 Å². The van der Waals surface area contributed by atoms with Gasteiger partial charge in [-0.1, -0.05) is 176 Å². The summed E-state index contributed by atoms with van der Waals surface area (Å²) >= 11 is 2.00. The van der Waals surface area contributed by atoms with E-state index in [0.717, 1.165) is 0 Å². The molecular weight excluding hydrogens is 838 g/mol. The molecule has 2 aliphatic heterocycles. The molecule has 0 N–H and O–H groups in total. The minimum Gasteiger partial charge on any atom is -0.311 e. The summed E-state index contributed by atoms with van der Waals surface area (Å²) in [6, 6.07) is 43.9. The Kier molecular flexibility index (Phi) is 9.97. The van der Waals surface area contributed by atoms with Gasteiger partial charge < -0.3 is 4.90 Å². The first-order valence-corrected chi connectivity index (χ1v) is 26.4. The Balaban J connectivity index is 1.32. The van der Waals surface area contributed by atoms with Crippen LogP contribution in [0.15, 0.2) is 109 Å². The minimum absolute atomic E-state index is 0.00829. The van der Waals surface area contributed by atoms with Crippen molar-refractivity contribution in [2.24, 2.45) is 0 Å². The Morgan fingerprint density at radius 3 is 1.63 bits per heavy atom. The van der Waals surface area contributed by atoms with Gasteiger partial charge in [0.2, 0.25) is 6.71 Å². The standard InChI is InChI=1S/C65H72BNS/c1-39-29-42-33-47(41-31-43(60(2,3)4)34-44(32-41)61(5,6)7)59-58(45-23-19-20-24-56(45)68-59)66-52-36-49-51(65(14,15)28-26-63(49,10)11)38-54(52)67(55(30-39)57(42)66)53-37-50-48(62(8,9)25-27-64(50,12)13)35-46(53)40-21-17-16-18-22-40/h16-24,29-38H,25-28H2,1-15H3. The number of nitrogens with zero attached hydrogens (tertiary/aromatic N) is 1. The molecule has 6 aromatic carbocycles. The van der Waals surface area contributed by atoms with Crippen molar-refractivity contribution in [3.8, 4) is 11.1 Å². The summed E-state index contributed by atoms with van der Waals surface area (Å²) in [5, 5.41) is 1.38. The van der Waals surface area contributed by atoms with E-state index in [4.69, 9.17) is 0 Å². The Morgan fingerprint density at radius 2 is 1.04 bits per heavy atom. The van der Waals surface area contributed by atoms with E-state index in [2.05, 4.69) is 224 Å². The van der Waals surface area contributed by atoms with E-state index < -0.39 is 0 Å². The Bertz CT molecular complexity index is 3230. The van der Waals surface area contributed by atoms with E-state index in [1.807, 2.05) is 11.3 Å². The quantitative estimate of drug-likeness (QED) is 0.160. The van der Waals surface area contributed by atoms with Crippen LogP contribution >= 0.6 is 11.3 Å². The molecule has 0 unspecified atom stereocenters. The lowest BCUT2D eigenvalue weighted by Crippen LogP contribution is -2.59. The number of rotatable bonds is 3. The fourth-order valence-corrected chi connectivity index (χ4v) is 13.9. The topological polar surface area (TPSA) is 3.24 Å². The summed E-state index contributed by atoms with van der Waals surface area (Å²) in [7, 11) is 0. The zero-order chi connectivity index (χ0) is 48.2. The second-order valence-corrected chi connectivity index (χ2v) is 27.1. The molecule has 3 heteroatoms. The van der Waals surface area contributed by atoms with Crippen molar-refractivity contribution >= 4 is 73.2 Å². The monoisotopic (exact) mass is 910 g/mol. The molecule has 3 heterocycles. The van der Waals surface area contributed by atoms with Gasteiger partial charge in [-0.15, -0.1) is 11.3 Å². The smallest absolute Gasteiger partial charge is 0.250 e. The van der Waals surface area contributed by atoms with Crippen LogP contribution in [0.2, 0.25) is 0 Å². The van der Waals surface area contributed by atoms with Crippen LogP contribution in [0.5, 0.6) is 0 Å². The van der Waals surface area contributed by atoms with Gasteiger partial charge in [-0.25, -0.2) is 0 Å². The number of thiophene rings is 1. The number of benzene rings is 6. The van der Waals surface area contributed by atoms with E-state index in [9.17, 15) is 0 Å². The first-order chi connectivity index (χ1) is 31.8. The highest BCUT2D eigenvalue weighted by Gasteiger charge is 2.47. The molecular formula is C65H72BNS. The fraction of sp³-hybridized carbons (Fsp3) is 0.385. The first kappa shape index (κ1) is 45.3. The van der Waals surface area contributed by atoms with Crippen LogP contribution in [0.3, 0.4) is 0 Å². The molecule has 68 heavy (non-hydrogen) atoms. The van der Waals surface area contributed by atoms with Crippen molar-refractivity contribution in [3.05, 3.63) is 164 Å². The van der Waals surface area contributed by atoms with Crippen LogP contribution in [0.4, 0.5) is 17.1 Å². The molecule has 0 radical (unpaired) electrons. The summed E-state index contributed by atoms with van der Waals surface area (Å²) in [6.07, 6.45) is 7.30. The number of aryl methyl sites for hydroxylation is 1. The number of fused-ring (bicyclic) bond motifs is 8. The highest BCUT2D eigenvalue weighted by Crippen LogP contribution is 2.54. The van der Waals surface area contributed by atoms with Crippen LogP contribution in [-0.2, 0) is 32.5 Å². The SMILES string of the molecule is Cc1cc2c3c(c1)N(c1cc4c(cc1-c1ccccc1)C(C)(C)CCC4(C)C)c1cc4c(cc1B3c1c(sc3ccccc13)C(c1cc(C(C)(C)C)cc(C(C)(C)C)c1)=C2)C(C)(C)CCC4(C)C. The molecule has 0 saturated carbocycles. The molecule has 4 aliphatic rings. The van der Waals surface area contributed by atoms with Crippen molar-refractivity contribution in [1.82, 2.24) is 0 Å². The lowest BCUT2D eigenvalue weighted by Gasteiger charge is -2.46. The maximum atomic E-state index is 2.76. The Labute approximate surface area is 413 Å². The highest BCUT2D eigenvalue weighted by atomic mass is 32.1. The lowest BCUT2D eigenvalue weighted by molar-refractivity contribution is 0.332. The van der Waals surface area contributed by atoms with Crippen LogP contribution in [0, 0.1) is 6.92 Å². The van der Waals surface area contributed by atoms with E-state index in [0.29, 0.717) is 0 Å². The Morgan fingerprint density at radius 1 is 0.515 bits per heavy atom. The van der Waals surface area contributed by atoms with Gasteiger partial charge in [0.25, 0.3) is 0 Å². The number of anilines is 3. The average molecular weight is 910 g/mol. The van der Waals surface area contributed by atoms with Gasteiger partial charge in [-0.2, -0.15) is 0 Å². The summed E-state index contributed by atoms with van der Waals surface area (Å²) in [6.45, 7) is 36.5. The van der Waals surface area contributed by atoms with Crippen LogP contribution in [0.25, 0.3) is 32.9 Å². The summed E-state index contributed by atoms with van der Waals surface area (Å²) in [5.74, 6) is 0. The van der Waals surface area contributed by atoms with Gasteiger partial charge in [0.1, 0.15) is 0 Å². The van der Waals surface area contributed by atoms with Gasteiger partial charge >= 0.3 is 0 Å². The zero-order valence-electron chi connectivity index (χ0n) is 43.7. The molecule has 0 saturated heterocycles. The molecule has 11 rings (SSSR count). The Hall–Kier alpha value is -5.12. The molecule has 0 bridgehead atoms. The lowest BCUT2D eigenvalue weighted by atomic mass is 9.33. The van der Waals surface area contributed by atoms with Gasteiger partial charge in [-0.3, -0.25) is 0 Å². The van der Waals surface area contributed by atoms with Gasteiger partial charge in [0, 0.05) is 26.5 Å². The summed E-state index contributed by atoms with van der Waals surface area (Å²) in [4.78, 5) is 4.17. The van der Waals surface area contributed by atoms with Crippen molar-refractivity contribution < 1.29 is 0 Å². The van der Waals surface area contributed by atoms with Crippen molar-refractivity contribution in [1.29, 1.82) is 0 Å². The molecule has 0 fully saturated rings. The molecule has 2 aliphatic carbocycles. The second-order valence-electron chi connectivity index (χ2n) is 26.0. The molecule has 0 atom stereocenters. The number of hydrogen-bond acceptors (Lipinski definition) is 2. The number of hydrogen-bond donors (Lipinski definition) is 0. The van der Waals surface area contributed by atoms with Gasteiger partial charge in [-0.05, 0) is 184 Å². The third-order valence-corrected chi connectivity index (χ3v) is 18.4. The van der Waals surface area contributed by atoms with Crippen LogP contribution in [0.1, 0.15) is 178 Å². The molecule has 346 valence electrons. The zero-order valence-corrected chi connectivity index (χ0v) is 44.5. The predicted octanol–water partition coefficient (Wildman–Crippen LogP) is 16.4. The fourth-order valence-electron chi connectivity index (χ4n) is 12.6. The molecule has 7 aromatic rings. The van der Waals surface area contributed by atoms with Gasteiger partial charge in [0.05, 0.1) is 5.69 Å². The largest absolute Gasteiger partial charge is 0.311 e. The normalized spacial score (nSPS) is 18.5. The first-order valence-electron chi connectivity index (χ1n) is 25.6. The minimum atomic E-state index is -0.00829. The van der Waals surface area contributed by atoms with Gasteiger partial charge in [0.15, 0.2) is 0 Å². The molecule has 0 spiro atoms. The third-order valence-electron chi connectivity index (χ3n) is 17.2. The molecule has 0 amide bonds. The van der Waals surface area contributed by atoms with Crippen molar-refractivity contribution in [3.63, 3.8) is 0 Å². The van der Waals surface area contributed by atoms with Crippen molar-refractivity contribution in [2.45, 2.75) is 162 Å². The van der Waals surface area contributed by atoms with Crippen molar-refractivity contribution in [2.75, 3.05) is 4.90 Å².